The molecule has 172 valence electrons. The second-order valence-corrected chi connectivity index (χ2v) is 9.26. The zero-order valence-electron chi connectivity index (χ0n) is 19.1. The van der Waals surface area contributed by atoms with E-state index >= 15 is 0 Å². The van der Waals surface area contributed by atoms with Gasteiger partial charge in [0.05, 0.1) is 17.8 Å². The second-order valence-electron chi connectivity index (χ2n) is 9.26. The fourth-order valence-corrected chi connectivity index (χ4v) is 4.28. The summed E-state index contributed by atoms with van der Waals surface area (Å²) in [7, 11) is 0. The zero-order chi connectivity index (χ0) is 23.4. The van der Waals surface area contributed by atoms with Gasteiger partial charge in [0, 0.05) is 25.3 Å². The standard InChI is InChI=1S/C24H34O7/c1-15-8-7-11-24(6,31-17(3)26)13-9-18-19(20(27)10-12-23(4,5)28)14-29-22(21(15)18)30-16(2)25/h10,12,14,18,21-22,28H,1,7-9,11,13H2,2-6H3/b12-10+/t18-,21+,22+,24-/m1/s1. The Bertz CT molecular complexity index is 786. The molecular weight excluding hydrogens is 400 g/mol. The van der Waals surface area contributed by atoms with Gasteiger partial charge in [-0.1, -0.05) is 12.2 Å². The Balaban J connectivity index is 2.43. The highest BCUT2D eigenvalue weighted by atomic mass is 16.7. The molecule has 0 aromatic carbocycles. The SMILES string of the molecule is C=C1CCC[C@@](C)(OC(C)=O)CC[C@@H]2C(C(=O)/C=C/C(C)(C)O)=CO[C@@H](OC(C)=O)[C@@H]12. The Morgan fingerprint density at radius 2 is 1.94 bits per heavy atom. The van der Waals surface area contributed by atoms with E-state index in [0.29, 0.717) is 31.3 Å². The molecule has 0 amide bonds. The lowest BCUT2D eigenvalue weighted by atomic mass is 9.74. The number of allylic oxidation sites excluding steroid dienone is 2. The average molecular weight is 435 g/mol. The van der Waals surface area contributed by atoms with Gasteiger partial charge >= 0.3 is 11.9 Å². The van der Waals surface area contributed by atoms with Gasteiger partial charge in [0.1, 0.15) is 5.60 Å². The molecule has 2 aliphatic rings. The van der Waals surface area contributed by atoms with Gasteiger partial charge in [-0.25, -0.2) is 0 Å². The first kappa shape index (κ1) is 24.9. The van der Waals surface area contributed by atoms with Crippen LogP contribution in [0.25, 0.3) is 0 Å². The van der Waals surface area contributed by atoms with E-state index in [0.717, 1.165) is 12.0 Å². The lowest BCUT2D eigenvalue weighted by Crippen LogP contribution is -2.40. The molecule has 0 spiro atoms. The molecule has 0 aromatic rings. The van der Waals surface area contributed by atoms with Crippen LogP contribution < -0.4 is 0 Å². The number of aliphatic hydroxyl groups is 1. The summed E-state index contributed by atoms with van der Waals surface area (Å²) in [6.45, 7) is 12.0. The van der Waals surface area contributed by atoms with Crippen LogP contribution in [-0.2, 0) is 28.6 Å². The van der Waals surface area contributed by atoms with Gasteiger partial charge in [-0.05, 0) is 65.0 Å². The molecule has 1 heterocycles. The summed E-state index contributed by atoms with van der Waals surface area (Å²) in [4.78, 5) is 36.3. The largest absolute Gasteiger partial charge is 0.461 e. The van der Waals surface area contributed by atoms with E-state index in [4.69, 9.17) is 14.2 Å². The molecule has 1 N–H and O–H groups in total. The molecule has 7 heteroatoms. The van der Waals surface area contributed by atoms with Crippen LogP contribution in [0.5, 0.6) is 0 Å². The number of ether oxygens (including phenoxy) is 3. The summed E-state index contributed by atoms with van der Waals surface area (Å²) in [5.74, 6) is -1.85. The van der Waals surface area contributed by atoms with Crippen molar-refractivity contribution in [1.29, 1.82) is 0 Å². The first-order chi connectivity index (χ1) is 14.3. The molecule has 1 fully saturated rings. The number of hydrogen-bond acceptors (Lipinski definition) is 7. The van der Waals surface area contributed by atoms with Gasteiger partial charge in [-0.3, -0.25) is 14.4 Å². The molecule has 7 nitrogen and oxygen atoms in total. The van der Waals surface area contributed by atoms with Gasteiger partial charge in [-0.2, -0.15) is 0 Å². The van der Waals surface area contributed by atoms with Gasteiger partial charge in [-0.15, -0.1) is 0 Å². The van der Waals surface area contributed by atoms with E-state index in [-0.39, 0.29) is 17.7 Å². The summed E-state index contributed by atoms with van der Waals surface area (Å²) in [6.07, 6.45) is 6.31. The van der Waals surface area contributed by atoms with E-state index in [2.05, 4.69) is 6.58 Å². The highest BCUT2D eigenvalue weighted by molar-refractivity contribution is 6.04. The third-order valence-electron chi connectivity index (χ3n) is 5.71. The summed E-state index contributed by atoms with van der Waals surface area (Å²) in [6, 6.07) is 0. The quantitative estimate of drug-likeness (QED) is 0.399. The average Bonchev–Trinajstić information content (AvgIpc) is 2.67. The van der Waals surface area contributed by atoms with Crippen LogP contribution in [0.15, 0.2) is 36.1 Å². The maximum atomic E-state index is 13.0. The van der Waals surface area contributed by atoms with Crippen molar-refractivity contribution in [2.45, 2.75) is 84.2 Å². The number of fused-ring (bicyclic) bond motifs is 1. The zero-order valence-corrected chi connectivity index (χ0v) is 19.1. The van der Waals surface area contributed by atoms with Crippen LogP contribution in [0.3, 0.4) is 0 Å². The topological polar surface area (TPSA) is 99.1 Å². The molecule has 0 saturated heterocycles. The maximum absolute atomic E-state index is 13.0. The van der Waals surface area contributed by atoms with Crippen LogP contribution in [0.1, 0.15) is 66.7 Å². The Morgan fingerprint density at radius 1 is 1.26 bits per heavy atom. The van der Waals surface area contributed by atoms with E-state index in [1.807, 2.05) is 6.92 Å². The summed E-state index contributed by atoms with van der Waals surface area (Å²) >= 11 is 0. The molecule has 1 aliphatic heterocycles. The first-order valence-electron chi connectivity index (χ1n) is 10.7. The highest BCUT2D eigenvalue weighted by Gasteiger charge is 2.44. The Labute approximate surface area is 184 Å². The van der Waals surface area contributed by atoms with Crippen LogP contribution in [0.4, 0.5) is 0 Å². The van der Waals surface area contributed by atoms with Crippen molar-refractivity contribution in [2.24, 2.45) is 11.8 Å². The molecule has 4 atom stereocenters. The van der Waals surface area contributed by atoms with Crippen LogP contribution in [0, 0.1) is 11.8 Å². The Hall–Kier alpha value is -2.41. The van der Waals surface area contributed by atoms with Gasteiger partial charge in [0.15, 0.2) is 5.78 Å². The number of ketones is 1. The van der Waals surface area contributed by atoms with Crippen molar-refractivity contribution >= 4 is 17.7 Å². The van der Waals surface area contributed by atoms with Gasteiger partial charge in [0.25, 0.3) is 0 Å². The fourth-order valence-electron chi connectivity index (χ4n) is 4.28. The third-order valence-corrected chi connectivity index (χ3v) is 5.71. The molecule has 0 unspecified atom stereocenters. The highest BCUT2D eigenvalue weighted by Crippen LogP contribution is 2.44. The lowest BCUT2D eigenvalue weighted by molar-refractivity contribution is -0.180. The van der Waals surface area contributed by atoms with E-state index < -0.39 is 29.4 Å². The van der Waals surface area contributed by atoms with E-state index in [1.54, 1.807) is 13.8 Å². The maximum Gasteiger partial charge on any atom is 0.305 e. The molecule has 0 aromatic heterocycles. The third kappa shape index (κ3) is 7.06. The molecule has 31 heavy (non-hydrogen) atoms. The number of esters is 2. The molecule has 2 rings (SSSR count). The predicted molar refractivity (Wildman–Crippen MR) is 115 cm³/mol. The molecule has 0 bridgehead atoms. The number of rotatable bonds is 5. The summed E-state index contributed by atoms with van der Waals surface area (Å²) in [5.41, 5.74) is -0.551. The Kier molecular flexibility index (Phi) is 7.87. The van der Waals surface area contributed by atoms with E-state index in [1.165, 1.54) is 32.3 Å². The molecule has 1 saturated carbocycles. The summed E-state index contributed by atoms with van der Waals surface area (Å²) in [5, 5.41) is 9.94. The lowest BCUT2D eigenvalue weighted by Gasteiger charge is -2.38. The van der Waals surface area contributed by atoms with Crippen molar-refractivity contribution in [3.63, 3.8) is 0 Å². The number of carbonyl (C=O) groups is 3. The summed E-state index contributed by atoms with van der Waals surface area (Å²) < 4.78 is 16.7. The second kappa shape index (κ2) is 9.81. The van der Waals surface area contributed by atoms with E-state index in [9.17, 15) is 19.5 Å². The minimum Gasteiger partial charge on any atom is -0.461 e. The van der Waals surface area contributed by atoms with Crippen LogP contribution in [0.2, 0.25) is 0 Å². The van der Waals surface area contributed by atoms with Crippen molar-refractivity contribution in [3.05, 3.63) is 36.1 Å². The molecular formula is C24H34O7. The minimum atomic E-state index is -1.14. The number of hydrogen-bond donors (Lipinski definition) is 1. The van der Waals surface area contributed by atoms with Gasteiger partial charge < -0.3 is 19.3 Å². The minimum absolute atomic E-state index is 0.292. The number of carbonyl (C=O) groups excluding carboxylic acids is 3. The van der Waals surface area contributed by atoms with Crippen molar-refractivity contribution < 1.29 is 33.7 Å². The van der Waals surface area contributed by atoms with Crippen molar-refractivity contribution in [2.75, 3.05) is 0 Å². The van der Waals surface area contributed by atoms with Crippen molar-refractivity contribution in [1.82, 2.24) is 0 Å². The van der Waals surface area contributed by atoms with Crippen LogP contribution in [-0.4, -0.2) is 40.3 Å². The van der Waals surface area contributed by atoms with Gasteiger partial charge in [0.2, 0.25) is 6.29 Å². The molecule has 0 radical (unpaired) electrons. The first-order valence-corrected chi connectivity index (χ1v) is 10.7. The fraction of sp³-hybridized carbons (Fsp3) is 0.625. The predicted octanol–water partition coefficient (Wildman–Crippen LogP) is 3.76. The normalized spacial score (nSPS) is 29.5. The van der Waals surface area contributed by atoms with Crippen LogP contribution >= 0.6 is 0 Å². The Morgan fingerprint density at radius 3 is 2.52 bits per heavy atom. The smallest absolute Gasteiger partial charge is 0.305 e. The van der Waals surface area contributed by atoms with Crippen molar-refractivity contribution in [3.8, 4) is 0 Å². The monoisotopic (exact) mass is 434 g/mol. The molecule has 1 aliphatic carbocycles.